The fraction of sp³-hybridized carbons (Fsp3) is 0.300. The molecular weight excluding hydrogens is 295 g/mol. The van der Waals surface area contributed by atoms with E-state index in [2.05, 4.69) is 48.2 Å². The zero-order valence-corrected chi connectivity index (χ0v) is 10.4. The predicted octanol–water partition coefficient (Wildman–Crippen LogP) is 2.64. The van der Waals surface area contributed by atoms with Crippen molar-refractivity contribution in [1.82, 2.24) is 0 Å². The van der Waals surface area contributed by atoms with Crippen molar-refractivity contribution in [1.29, 1.82) is 0 Å². The number of rotatable bonds is 3. The van der Waals surface area contributed by atoms with Gasteiger partial charge >= 0.3 is 0 Å². The van der Waals surface area contributed by atoms with Crippen LogP contribution in [0.2, 0.25) is 0 Å². The van der Waals surface area contributed by atoms with Crippen LogP contribution in [-0.4, -0.2) is 11.5 Å². The Morgan fingerprint density at radius 3 is 2.77 bits per heavy atom. The van der Waals surface area contributed by atoms with Gasteiger partial charge in [0.2, 0.25) is 0 Å². The van der Waals surface area contributed by atoms with Gasteiger partial charge in [0.25, 0.3) is 0 Å². The van der Waals surface area contributed by atoms with Gasteiger partial charge in [-0.3, -0.25) is 4.79 Å². The SMILES string of the molecule is Cc1cc(CC(=O)CS)ccc1I. The Morgan fingerprint density at radius 2 is 2.23 bits per heavy atom. The first-order valence-electron chi connectivity index (χ1n) is 4.01. The molecule has 0 aliphatic rings. The maximum Gasteiger partial charge on any atom is 0.146 e. The molecule has 0 bridgehead atoms. The van der Waals surface area contributed by atoms with Crippen molar-refractivity contribution < 1.29 is 4.79 Å². The summed E-state index contributed by atoms with van der Waals surface area (Å²) in [5.74, 6) is 0.495. The van der Waals surface area contributed by atoms with Crippen molar-refractivity contribution in [2.75, 3.05) is 5.75 Å². The van der Waals surface area contributed by atoms with Gasteiger partial charge < -0.3 is 0 Å². The van der Waals surface area contributed by atoms with Crippen molar-refractivity contribution >= 4 is 41.0 Å². The lowest BCUT2D eigenvalue weighted by Crippen LogP contribution is -2.04. The molecular formula is C10H11IOS. The number of aryl methyl sites for hydroxylation is 1. The maximum atomic E-state index is 11.1. The van der Waals surface area contributed by atoms with Crippen LogP contribution in [0.5, 0.6) is 0 Å². The lowest BCUT2D eigenvalue weighted by Gasteiger charge is -2.02. The first-order chi connectivity index (χ1) is 6.13. The molecule has 0 unspecified atom stereocenters. The lowest BCUT2D eigenvalue weighted by atomic mass is 10.1. The number of benzene rings is 1. The van der Waals surface area contributed by atoms with Crippen LogP contribution in [-0.2, 0) is 11.2 Å². The first-order valence-corrected chi connectivity index (χ1v) is 5.72. The number of thiol groups is 1. The summed E-state index contributed by atoms with van der Waals surface area (Å²) in [5, 5.41) is 0. The second-order valence-electron chi connectivity index (χ2n) is 2.96. The fourth-order valence-corrected chi connectivity index (χ4v) is 1.55. The van der Waals surface area contributed by atoms with Gasteiger partial charge in [0, 0.05) is 15.7 Å². The molecule has 0 fully saturated rings. The minimum atomic E-state index is 0.170. The van der Waals surface area contributed by atoms with Gasteiger partial charge in [-0.2, -0.15) is 12.6 Å². The van der Waals surface area contributed by atoms with E-state index < -0.39 is 0 Å². The third-order valence-corrected chi connectivity index (χ3v) is 3.36. The molecule has 13 heavy (non-hydrogen) atoms. The summed E-state index contributed by atoms with van der Waals surface area (Å²) in [6.45, 7) is 2.05. The Morgan fingerprint density at radius 1 is 1.54 bits per heavy atom. The normalized spacial score (nSPS) is 10.1. The first kappa shape index (κ1) is 11.0. The number of ketones is 1. The van der Waals surface area contributed by atoms with Gasteiger partial charge in [-0.05, 0) is 46.7 Å². The minimum absolute atomic E-state index is 0.170. The summed E-state index contributed by atoms with van der Waals surface area (Å²) in [6, 6.07) is 6.09. The fourth-order valence-electron chi connectivity index (χ4n) is 1.10. The van der Waals surface area contributed by atoms with E-state index in [4.69, 9.17) is 0 Å². The van der Waals surface area contributed by atoms with E-state index in [0.717, 1.165) is 5.56 Å². The van der Waals surface area contributed by atoms with Gasteiger partial charge in [0.15, 0.2) is 0 Å². The van der Waals surface area contributed by atoms with E-state index in [-0.39, 0.29) is 5.78 Å². The monoisotopic (exact) mass is 306 g/mol. The van der Waals surface area contributed by atoms with Gasteiger partial charge in [-0.25, -0.2) is 0 Å². The molecule has 0 atom stereocenters. The Bertz CT molecular complexity index is 323. The van der Waals surface area contributed by atoms with Crippen molar-refractivity contribution in [3.63, 3.8) is 0 Å². The van der Waals surface area contributed by atoms with E-state index in [0.29, 0.717) is 12.2 Å². The van der Waals surface area contributed by atoms with Crippen LogP contribution >= 0.6 is 35.2 Å². The summed E-state index contributed by atoms with van der Waals surface area (Å²) in [7, 11) is 0. The van der Waals surface area contributed by atoms with Gasteiger partial charge in [-0.1, -0.05) is 12.1 Å². The van der Waals surface area contributed by atoms with Crippen LogP contribution in [0.15, 0.2) is 18.2 Å². The highest BCUT2D eigenvalue weighted by molar-refractivity contribution is 14.1. The van der Waals surface area contributed by atoms with Crippen molar-refractivity contribution in [3.8, 4) is 0 Å². The van der Waals surface area contributed by atoms with E-state index in [9.17, 15) is 4.79 Å². The summed E-state index contributed by atoms with van der Waals surface area (Å²) in [4.78, 5) is 11.1. The summed E-state index contributed by atoms with van der Waals surface area (Å²) in [6.07, 6.45) is 0.501. The molecule has 0 heterocycles. The third kappa shape index (κ3) is 3.31. The van der Waals surface area contributed by atoms with Gasteiger partial charge in [0.1, 0.15) is 5.78 Å². The summed E-state index contributed by atoms with van der Waals surface area (Å²) >= 11 is 6.22. The van der Waals surface area contributed by atoms with E-state index >= 15 is 0 Å². The van der Waals surface area contributed by atoms with Crippen molar-refractivity contribution in [2.24, 2.45) is 0 Å². The molecule has 0 aromatic heterocycles. The van der Waals surface area contributed by atoms with Gasteiger partial charge in [0.05, 0.1) is 0 Å². The summed E-state index contributed by atoms with van der Waals surface area (Å²) in [5.41, 5.74) is 2.31. The largest absolute Gasteiger partial charge is 0.298 e. The zero-order chi connectivity index (χ0) is 9.84. The number of halogens is 1. The number of carbonyl (C=O) groups is 1. The number of hydrogen-bond donors (Lipinski definition) is 1. The molecule has 1 nitrogen and oxygen atoms in total. The van der Waals surface area contributed by atoms with E-state index in [1.807, 2.05) is 12.1 Å². The Hall–Kier alpha value is -0.0300. The number of carbonyl (C=O) groups excluding carboxylic acids is 1. The highest BCUT2D eigenvalue weighted by Crippen LogP contribution is 2.13. The molecule has 0 aliphatic heterocycles. The maximum absolute atomic E-state index is 11.1. The van der Waals surface area contributed by atoms with E-state index in [1.165, 1.54) is 9.13 Å². The van der Waals surface area contributed by atoms with Crippen LogP contribution in [0.25, 0.3) is 0 Å². The highest BCUT2D eigenvalue weighted by Gasteiger charge is 2.02. The standard InChI is InChI=1S/C10H11IOS/c1-7-4-8(2-3-10(7)11)5-9(12)6-13/h2-4,13H,5-6H2,1H3. The smallest absolute Gasteiger partial charge is 0.146 e. The van der Waals surface area contributed by atoms with E-state index in [1.54, 1.807) is 0 Å². The molecule has 0 saturated carbocycles. The van der Waals surface area contributed by atoms with Crippen LogP contribution < -0.4 is 0 Å². The quantitative estimate of drug-likeness (QED) is 0.671. The Balaban J connectivity index is 2.79. The topological polar surface area (TPSA) is 17.1 Å². The molecule has 0 amide bonds. The molecule has 70 valence electrons. The predicted molar refractivity (Wildman–Crippen MR) is 66.5 cm³/mol. The van der Waals surface area contributed by atoms with Crippen LogP contribution in [0.4, 0.5) is 0 Å². The van der Waals surface area contributed by atoms with Crippen molar-refractivity contribution in [3.05, 3.63) is 32.9 Å². The highest BCUT2D eigenvalue weighted by atomic mass is 127. The Labute approximate surface area is 97.5 Å². The average molecular weight is 306 g/mol. The van der Waals surface area contributed by atoms with Crippen LogP contribution in [0.1, 0.15) is 11.1 Å². The summed E-state index contributed by atoms with van der Waals surface area (Å²) < 4.78 is 1.24. The number of hydrogen-bond acceptors (Lipinski definition) is 2. The third-order valence-electron chi connectivity index (χ3n) is 1.80. The van der Waals surface area contributed by atoms with Crippen molar-refractivity contribution in [2.45, 2.75) is 13.3 Å². The average Bonchev–Trinajstić information content (AvgIpc) is 2.11. The number of Topliss-reactive ketones (excluding diaryl/α,β-unsaturated/α-hetero) is 1. The lowest BCUT2D eigenvalue weighted by molar-refractivity contribution is -0.115. The Kier molecular flexibility index (Phi) is 4.25. The molecule has 1 aromatic rings. The molecule has 1 rings (SSSR count). The molecule has 0 saturated heterocycles. The van der Waals surface area contributed by atoms with Crippen LogP contribution in [0.3, 0.4) is 0 Å². The zero-order valence-electron chi connectivity index (χ0n) is 7.38. The molecule has 3 heteroatoms. The van der Waals surface area contributed by atoms with Gasteiger partial charge in [-0.15, -0.1) is 0 Å². The molecule has 0 N–H and O–H groups in total. The molecule has 0 radical (unpaired) electrons. The second kappa shape index (κ2) is 5.00. The van der Waals surface area contributed by atoms with Crippen LogP contribution in [0, 0.1) is 10.5 Å². The molecule has 0 aliphatic carbocycles. The minimum Gasteiger partial charge on any atom is -0.298 e. The second-order valence-corrected chi connectivity index (χ2v) is 4.44. The molecule has 0 spiro atoms. The molecule has 1 aromatic carbocycles.